The Bertz CT molecular complexity index is 1090. The molecule has 0 atom stereocenters. The van der Waals surface area contributed by atoms with Crippen molar-refractivity contribution in [3.05, 3.63) is 17.7 Å². The molecule has 9 nitrogen and oxygen atoms in total. The van der Waals surface area contributed by atoms with Crippen LogP contribution in [0.3, 0.4) is 0 Å². The Kier molecular flexibility index (Phi) is 13.8. The number of aliphatic carboxylic acids is 1. The number of carboxylic acids is 1. The van der Waals surface area contributed by atoms with E-state index >= 15 is 0 Å². The molecule has 0 spiro atoms. The normalized spacial score (nSPS) is 12.6. The Morgan fingerprint density at radius 1 is 0.775 bits per heavy atom. The van der Waals surface area contributed by atoms with Gasteiger partial charge in [-0.25, -0.2) is 0 Å². The van der Waals surface area contributed by atoms with Gasteiger partial charge in [0.25, 0.3) is 5.91 Å². The van der Waals surface area contributed by atoms with Crippen molar-refractivity contribution < 1.29 is 33.7 Å². The molecule has 0 saturated heterocycles. The maximum atomic E-state index is 13.0. The first kappa shape index (κ1) is 31.9. The molecule has 0 aliphatic heterocycles. The van der Waals surface area contributed by atoms with Gasteiger partial charge in [-0.15, -0.1) is 37.0 Å². The molecular weight excluding hydrogens is 512 g/mol. The predicted octanol–water partition coefficient (Wildman–Crippen LogP) is 4.25. The van der Waals surface area contributed by atoms with Crippen LogP contribution in [0.1, 0.15) is 87.4 Å². The largest absolute Gasteiger partial charge is 0.490 e. The van der Waals surface area contributed by atoms with E-state index < -0.39 is 23.2 Å². The number of terminal acetylenes is 3. The molecule has 3 N–H and O–H groups in total. The Labute approximate surface area is 236 Å². The highest BCUT2D eigenvalue weighted by Crippen LogP contribution is 2.49. The van der Waals surface area contributed by atoms with Gasteiger partial charge in [0.1, 0.15) is 0 Å². The van der Waals surface area contributed by atoms with Gasteiger partial charge in [0.15, 0.2) is 11.5 Å². The number of hydrogen-bond donors (Lipinski definition) is 3. The number of carboxylic acid groups (broad SMARTS) is 1. The predicted molar refractivity (Wildman–Crippen MR) is 151 cm³/mol. The van der Waals surface area contributed by atoms with E-state index in [1.807, 2.05) is 0 Å². The fourth-order valence-corrected chi connectivity index (χ4v) is 3.83. The monoisotopic (exact) mass is 550 g/mol. The van der Waals surface area contributed by atoms with Gasteiger partial charge in [0.05, 0.1) is 31.7 Å². The molecular formula is C31H38N2O7. The molecule has 2 amide bonds. The molecule has 0 radical (unpaired) electrons. The molecule has 0 bridgehead atoms. The quantitative estimate of drug-likeness (QED) is 0.134. The molecule has 1 fully saturated rings. The van der Waals surface area contributed by atoms with Gasteiger partial charge in [-0.2, -0.15) is 0 Å². The Hall–Kier alpha value is -4.29. The van der Waals surface area contributed by atoms with E-state index in [1.165, 1.54) is 12.1 Å². The Morgan fingerprint density at radius 3 is 1.68 bits per heavy atom. The second-order valence-corrected chi connectivity index (χ2v) is 9.59. The van der Waals surface area contributed by atoms with Crippen molar-refractivity contribution in [2.24, 2.45) is 5.41 Å². The van der Waals surface area contributed by atoms with Gasteiger partial charge in [-0.1, -0.05) is 0 Å². The summed E-state index contributed by atoms with van der Waals surface area (Å²) in [6, 6.07) is 3.05. The third-order valence-corrected chi connectivity index (χ3v) is 6.31. The maximum absolute atomic E-state index is 13.0. The number of rotatable bonds is 19. The molecule has 214 valence electrons. The first-order chi connectivity index (χ1) is 19.4. The van der Waals surface area contributed by atoms with E-state index in [0.717, 1.165) is 25.7 Å². The summed E-state index contributed by atoms with van der Waals surface area (Å²) < 4.78 is 18.1. The number of hydrogen-bond acceptors (Lipinski definition) is 6. The van der Waals surface area contributed by atoms with Crippen LogP contribution >= 0.6 is 0 Å². The minimum absolute atomic E-state index is 0.167. The molecule has 1 aliphatic carbocycles. The molecule has 9 heteroatoms. The van der Waals surface area contributed by atoms with Crippen LogP contribution in [0.2, 0.25) is 0 Å². The molecule has 2 rings (SSSR count). The van der Waals surface area contributed by atoms with Gasteiger partial charge in [0, 0.05) is 24.8 Å². The summed E-state index contributed by atoms with van der Waals surface area (Å²) in [4.78, 5) is 36.7. The minimum Gasteiger partial charge on any atom is -0.490 e. The Morgan fingerprint density at radius 2 is 1.25 bits per heavy atom. The summed E-state index contributed by atoms with van der Waals surface area (Å²) >= 11 is 0. The second kappa shape index (κ2) is 17.3. The summed E-state index contributed by atoms with van der Waals surface area (Å²) in [5.74, 6) is 6.58. The van der Waals surface area contributed by atoms with Crippen molar-refractivity contribution >= 4 is 17.8 Å². The van der Waals surface area contributed by atoms with Gasteiger partial charge in [0.2, 0.25) is 11.7 Å². The minimum atomic E-state index is -1.07. The number of unbranched alkanes of at least 4 members (excludes halogenated alkanes) is 6. The summed E-state index contributed by atoms with van der Waals surface area (Å²) in [5.41, 5.74) is 3.92. The van der Waals surface area contributed by atoms with Crippen molar-refractivity contribution in [2.45, 2.75) is 77.0 Å². The van der Waals surface area contributed by atoms with Crippen LogP contribution in [0.15, 0.2) is 12.1 Å². The van der Waals surface area contributed by atoms with E-state index in [9.17, 15) is 14.4 Å². The van der Waals surface area contributed by atoms with Gasteiger partial charge < -0.3 is 19.3 Å². The van der Waals surface area contributed by atoms with E-state index in [1.54, 1.807) is 0 Å². The lowest BCUT2D eigenvalue weighted by molar-refractivity contribution is -0.142. The van der Waals surface area contributed by atoms with Crippen LogP contribution in [0.5, 0.6) is 17.2 Å². The lowest BCUT2D eigenvalue weighted by Gasteiger charge is -2.19. The molecule has 0 unspecified atom stereocenters. The zero-order valence-electron chi connectivity index (χ0n) is 22.9. The third-order valence-electron chi connectivity index (χ3n) is 6.31. The van der Waals surface area contributed by atoms with Crippen LogP contribution in [0, 0.1) is 42.4 Å². The average Bonchev–Trinajstić information content (AvgIpc) is 3.71. The zero-order chi connectivity index (χ0) is 29.2. The molecule has 1 saturated carbocycles. The number of ether oxygens (including phenoxy) is 3. The summed E-state index contributed by atoms with van der Waals surface area (Å²) in [5, 5.41) is 9.09. The molecule has 1 aromatic rings. The SMILES string of the molecule is C#CCCCCOc1cc(C(=O)NNC(=O)C2(CC(=O)O)CC2)cc(OCCCCC#C)c1OCCCCC#C. The molecule has 0 heterocycles. The number of benzene rings is 1. The summed E-state index contributed by atoms with van der Waals surface area (Å²) in [6.07, 6.45) is 23.0. The van der Waals surface area contributed by atoms with Crippen molar-refractivity contribution in [3.63, 3.8) is 0 Å². The average molecular weight is 551 g/mol. The smallest absolute Gasteiger partial charge is 0.304 e. The van der Waals surface area contributed by atoms with Gasteiger partial charge in [-0.05, 0) is 63.5 Å². The fourth-order valence-electron chi connectivity index (χ4n) is 3.83. The molecule has 40 heavy (non-hydrogen) atoms. The lowest BCUT2D eigenvalue weighted by Crippen LogP contribution is -2.45. The van der Waals surface area contributed by atoms with Crippen molar-refractivity contribution in [1.82, 2.24) is 10.9 Å². The van der Waals surface area contributed by atoms with Gasteiger partial charge in [-0.3, -0.25) is 25.2 Å². The van der Waals surface area contributed by atoms with Gasteiger partial charge >= 0.3 is 5.97 Å². The van der Waals surface area contributed by atoms with Crippen LogP contribution in [-0.4, -0.2) is 42.7 Å². The van der Waals surface area contributed by atoms with Crippen LogP contribution in [-0.2, 0) is 9.59 Å². The number of carbonyl (C=O) groups excluding carboxylic acids is 2. The number of amides is 2. The third kappa shape index (κ3) is 10.8. The fraction of sp³-hybridized carbons (Fsp3) is 0.516. The molecule has 1 aliphatic rings. The first-order valence-corrected chi connectivity index (χ1v) is 13.6. The van der Waals surface area contributed by atoms with Crippen LogP contribution in [0.4, 0.5) is 0 Å². The summed E-state index contributed by atoms with van der Waals surface area (Å²) in [6.45, 7) is 1.06. The number of carbonyl (C=O) groups is 3. The highest BCUT2D eigenvalue weighted by molar-refractivity contribution is 5.98. The van der Waals surface area contributed by atoms with E-state index in [2.05, 4.69) is 28.6 Å². The van der Waals surface area contributed by atoms with E-state index in [0.29, 0.717) is 82.0 Å². The Balaban J connectivity index is 2.23. The van der Waals surface area contributed by atoms with Crippen LogP contribution in [0.25, 0.3) is 0 Å². The van der Waals surface area contributed by atoms with E-state index in [4.69, 9.17) is 38.6 Å². The maximum Gasteiger partial charge on any atom is 0.304 e. The first-order valence-electron chi connectivity index (χ1n) is 13.6. The number of nitrogens with one attached hydrogen (secondary N) is 2. The highest BCUT2D eigenvalue weighted by Gasteiger charge is 2.51. The zero-order valence-corrected chi connectivity index (χ0v) is 22.9. The lowest BCUT2D eigenvalue weighted by atomic mass is 10.0. The van der Waals surface area contributed by atoms with E-state index in [-0.39, 0.29) is 12.0 Å². The standard InChI is InChI=1S/C31H38N2O7/c1-4-7-10-13-18-38-25-21-24(29(36)32-33-30(37)31(16-17-31)23-27(34)35)22-26(39-19-14-11-8-5-2)28(25)40-20-15-12-9-6-3/h1-3,21-22H,7-20,23H2,(H,32,36)(H,33,37)(H,34,35). The summed E-state index contributed by atoms with van der Waals surface area (Å²) in [7, 11) is 0. The molecule has 1 aromatic carbocycles. The number of hydrazine groups is 1. The molecule has 0 aromatic heterocycles. The second-order valence-electron chi connectivity index (χ2n) is 9.59. The highest BCUT2D eigenvalue weighted by atomic mass is 16.5. The topological polar surface area (TPSA) is 123 Å². The van der Waals surface area contributed by atoms with Crippen LogP contribution < -0.4 is 25.1 Å². The van der Waals surface area contributed by atoms with Crippen molar-refractivity contribution in [3.8, 4) is 54.3 Å². The van der Waals surface area contributed by atoms with Crippen molar-refractivity contribution in [1.29, 1.82) is 0 Å². The van der Waals surface area contributed by atoms with Crippen molar-refractivity contribution in [2.75, 3.05) is 19.8 Å².